The van der Waals surface area contributed by atoms with Gasteiger partial charge in [-0.05, 0) is 26.7 Å². The highest BCUT2D eigenvalue weighted by atomic mass is 16.4. The van der Waals surface area contributed by atoms with Crippen LogP contribution in [0.5, 0.6) is 0 Å². The van der Waals surface area contributed by atoms with Crippen LogP contribution in [0.25, 0.3) is 0 Å². The number of rotatable bonds is 4. The van der Waals surface area contributed by atoms with Gasteiger partial charge in [0.2, 0.25) is 5.91 Å². The first-order valence-corrected chi connectivity index (χ1v) is 5.87. The van der Waals surface area contributed by atoms with Gasteiger partial charge < -0.3 is 21.5 Å². The zero-order chi connectivity index (χ0) is 13.9. The zero-order valence-corrected chi connectivity index (χ0v) is 10.5. The van der Waals surface area contributed by atoms with Gasteiger partial charge in [-0.1, -0.05) is 6.42 Å². The number of carbonyl (C=O) groups is 3. The third-order valence-electron chi connectivity index (χ3n) is 3.52. The lowest BCUT2D eigenvalue weighted by Crippen LogP contribution is -2.53. The van der Waals surface area contributed by atoms with Crippen LogP contribution in [-0.4, -0.2) is 35.1 Å². The molecule has 0 aromatic rings. The van der Waals surface area contributed by atoms with Crippen molar-refractivity contribution in [1.29, 1.82) is 0 Å². The Morgan fingerprint density at radius 3 is 2.56 bits per heavy atom. The first kappa shape index (κ1) is 14.3. The molecule has 3 amide bonds. The first-order chi connectivity index (χ1) is 8.27. The number of carboxylic acid groups (broad SMARTS) is 1. The topological polar surface area (TPSA) is 122 Å². The third-order valence-corrected chi connectivity index (χ3v) is 3.52. The van der Waals surface area contributed by atoms with Gasteiger partial charge in [0, 0.05) is 6.04 Å². The molecule has 3 unspecified atom stereocenters. The first-order valence-electron chi connectivity index (χ1n) is 5.87. The summed E-state index contributed by atoms with van der Waals surface area (Å²) in [7, 11) is 0. The molecule has 1 aliphatic carbocycles. The van der Waals surface area contributed by atoms with Crippen molar-refractivity contribution >= 4 is 17.9 Å². The summed E-state index contributed by atoms with van der Waals surface area (Å²) in [6.07, 6.45) is 1.91. The minimum atomic E-state index is -0.942. The standard InChI is InChI=1S/C11H19N3O4/c1-6(13-10(12)18)8(15)14-7-4-3-5-11(7,2)9(16)17/h6-7H,3-5H2,1-2H3,(H,14,15)(H,16,17)(H3,12,13,18). The maximum absolute atomic E-state index is 11.8. The highest BCUT2D eigenvalue weighted by Gasteiger charge is 2.46. The van der Waals surface area contributed by atoms with Crippen LogP contribution in [0.15, 0.2) is 0 Å². The molecule has 0 bridgehead atoms. The van der Waals surface area contributed by atoms with E-state index in [0.717, 1.165) is 6.42 Å². The number of hydrogen-bond acceptors (Lipinski definition) is 3. The fraction of sp³-hybridized carbons (Fsp3) is 0.727. The van der Waals surface area contributed by atoms with E-state index in [9.17, 15) is 19.5 Å². The Morgan fingerprint density at radius 1 is 1.44 bits per heavy atom. The number of primary amides is 1. The highest BCUT2D eigenvalue weighted by molar-refractivity contribution is 5.87. The van der Waals surface area contributed by atoms with Gasteiger partial charge >= 0.3 is 12.0 Å². The Bertz CT molecular complexity index is 371. The van der Waals surface area contributed by atoms with Crippen molar-refractivity contribution in [3.63, 3.8) is 0 Å². The van der Waals surface area contributed by atoms with Crippen molar-refractivity contribution in [3.05, 3.63) is 0 Å². The molecular weight excluding hydrogens is 238 g/mol. The summed E-state index contributed by atoms with van der Waals surface area (Å²) in [6.45, 7) is 3.12. The molecule has 0 heterocycles. The molecule has 0 spiro atoms. The molecule has 0 aliphatic heterocycles. The lowest BCUT2D eigenvalue weighted by molar-refractivity contribution is -0.149. The minimum Gasteiger partial charge on any atom is -0.481 e. The predicted molar refractivity (Wildman–Crippen MR) is 63.7 cm³/mol. The Balaban J connectivity index is 2.64. The van der Waals surface area contributed by atoms with Crippen molar-refractivity contribution in [2.45, 2.75) is 45.2 Å². The van der Waals surface area contributed by atoms with Gasteiger partial charge in [-0.2, -0.15) is 0 Å². The van der Waals surface area contributed by atoms with Crippen molar-refractivity contribution in [3.8, 4) is 0 Å². The Kier molecular flexibility index (Phi) is 4.15. The second kappa shape index (κ2) is 5.24. The monoisotopic (exact) mass is 257 g/mol. The number of hydrogen-bond donors (Lipinski definition) is 4. The van der Waals surface area contributed by atoms with E-state index in [0.29, 0.717) is 12.8 Å². The van der Waals surface area contributed by atoms with Gasteiger partial charge in [0.1, 0.15) is 6.04 Å². The SMILES string of the molecule is CC(NC(N)=O)C(=O)NC1CCCC1(C)C(=O)O. The molecule has 0 aromatic carbocycles. The Hall–Kier alpha value is -1.79. The van der Waals surface area contributed by atoms with Crippen LogP contribution in [0.3, 0.4) is 0 Å². The van der Waals surface area contributed by atoms with E-state index in [1.165, 1.54) is 6.92 Å². The lowest BCUT2D eigenvalue weighted by atomic mass is 9.85. The maximum atomic E-state index is 11.8. The molecule has 1 aliphatic rings. The number of carboxylic acids is 1. The van der Waals surface area contributed by atoms with Crippen molar-refractivity contribution in [2.24, 2.45) is 11.1 Å². The molecule has 7 heteroatoms. The van der Waals surface area contributed by atoms with Crippen LogP contribution in [0.4, 0.5) is 4.79 Å². The van der Waals surface area contributed by atoms with Gasteiger partial charge in [-0.15, -0.1) is 0 Å². The Morgan fingerprint density at radius 2 is 2.06 bits per heavy atom. The average molecular weight is 257 g/mol. The quantitative estimate of drug-likeness (QED) is 0.557. The van der Waals surface area contributed by atoms with Gasteiger partial charge in [0.05, 0.1) is 5.41 Å². The number of carbonyl (C=O) groups excluding carboxylic acids is 2. The molecule has 0 aromatic heterocycles. The van der Waals surface area contributed by atoms with Gasteiger partial charge in [-0.25, -0.2) is 4.79 Å². The molecule has 5 N–H and O–H groups in total. The number of nitrogens with one attached hydrogen (secondary N) is 2. The second-order valence-corrected chi connectivity index (χ2v) is 4.91. The summed E-state index contributed by atoms with van der Waals surface area (Å²) in [5.41, 5.74) is 3.97. The molecule has 0 saturated heterocycles. The van der Waals surface area contributed by atoms with E-state index in [-0.39, 0.29) is 0 Å². The summed E-state index contributed by atoms with van der Waals surface area (Å²) in [6, 6.07) is -1.98. The fourth-order valence-electron chi connectivity index (χ4n) is 2.23. The number of urea groups is 1. The normalized spacial score (nSPS) is 28.4. The molecule has 102 valence electrons. The van der Waals surface area contributed by atoms with Crippen molar-refractivity contribution in [2.75, 3.05) is 0 Å². The summed E-state index contributed by atoms with van der Waals surface area (Å²) < 4.78 is 0. The molecule has 1 fully saturated rings. The average Bonchev–Trinajstić information content (AvgIpc) is 2.60. The van der Waals surface area contributed by atoms with Crippen LogP contribution in [0.2, 0.25) is 0 Å². The van der Waals surface area contributed by atoms with Gasteiger partial charge in [0.15, 0.2) is 0 Å². The minimum absolute atomic E-state index is 0.417. The van der Waals surface area contributed by atoms with E-state index >= 15 is 0 Å². The van der Waals surface area contributed by atoms with E-state index in [1.807, 2.05) is 0 Å². The fourth-order valence-corrected chi connectivity index (χ4v) is 2.23. The maximum Gasteiger partial charge on any atom is 0.312 e. The molecular formula is C11H19N3O4. The van der Waals surface area contributed by atoms with Crippen LogP contribution >= 0.6 is 0 Å². The largest absolute Gasteiger partial charge is 0.481 e. The third kappa shape index (κ3) is 2.91. The highest BCUT2D eigenvalue weighted by Crippen LogP contribution is 2.38. The van der Waals surface area contributed by atoms with E-state index in [4.69, 9.17) is 5.73 Å². The Labute approximate surface area is 105 Å². The second-order valence-electron chi connectivity index (χ2n) is 4.91. The van der Waals surface area contributed by atoms with Crippen LogP contribution < -0.4 is 16.4 Å². The molecule has 1 saturated carbocycles. The smallest absolute Gasteiger partial charge is 0.312 e. The number of amides is 3. The molecule has 7 nitrogen and oxygen atoms in total. The number of aliphatic carboxylic acids is 1. The van der Waals surface area contributed by atoms with E-state index in [2.05, 4.69) is 10.6 Å². The number of nitrogens with two attached hydrogens (primary N) is 1. The van der Waals surface area contributed by atoms with Crippen molar-refractivity contribution in [1.82, 2.24) is 10.6 Å². The molecule has 0 radical (unpaired) electrons. The van der Waals surface area contributed by atoms with Crippen LogP contribution in [0.1, 0.15) is 33.1 Å². The summed E-state index contributed by atoms with van der Waals surface area (Å²) in [5.74, 6) is -1.34. The van der Waals surface area contributed by atoms with Crippen LogP contribution in [-0.2, 0) is 9.59 Å². The van der Waals surface area contributed by atoms with Crippen LogP contribution in [0, 0.1) is 5.41 Å². The summed E-state index contributed by atoms with van der Waals surface area (Å²) in [5, 5.41) is 14.1. The molecule has 3 atom stereocenters. The molecule has 18 heavy (non-hydrogen) atoms. The molecule has 1 rings (SSSR count). The van der Waals surface area contributed by atoms with E-state index < -0.39 is 35.4 Å². The zero-order valence-electron chi connectivity index (χ0n) is 10.5. The van der Waals surface area contributed by atoms with Crippen molar-refractivity contribution < 1.29 is 19.5 Å². The van der Waals surface area contributed by atoms with Gasteiger partial charge in [0.25, 0.3) is 0 Å². The van der Waals surface area contributed by atoms with E-state index in [1.54, 1.807) is 6.92 Å². The predicted octanol–water partition coefficient (Wildman–Crippen LogP) is -0.197. The van der Waals surface area contributed by atoms with Gasteiger partial charge in [-0.3, -0.25) is 9.59 Å². The summed E-state index contributed by atoms with van der Waals surface area (Å²) in [4.78, 5) is 33.6. The summed E-state index contributed by atoms with van der Waals surface area (Å²) >= 11 is 0. The lowest BCUT2D eigenvalue weighted by Gasteiger charge is -2.28.